The molecule has 0 aromatic heterocycles. The fraction of sp³-hybridized carbons (Fsp3) is 0.0769. The minimum absolute atomic E-state index is 0.0363. The fourth-order valence-corrected chi connectivity index (χ4v) is 3.84. The Bertz CT molecular complexity index is 728. The first kappa shape index (κ1) is 13.9. The Kier molecular flexibility index (Phi) is 3.56. The van der Waals surface area contributed by atoms with Crippen LogP contribution in [0.25, 0.3) is 0 Å². The Hall–Kier alpha value is -2.06. The summed E-state index contributed by atoms with van der Waals surface area (Å²) in [6.07, 6.45) is 0. The van der Waals surface area contributed by atoms with Gasteiger partial charge >= 0.3 is 0 Å². The van der Waals surface area contributed by atoms with Crippen molar-refractivity contribution in [3.63, 3.8) is 0 Å². The Balaban J connectivity index is 2.14. The van der Waals surface area contributed by atoms with Gasteiger partial charge in [-0.25, -0.2) is 0 Å². The number of nitro benzene ring substituents is 1. The number of ether oxygens (including phenoxy) is 1. The van der Waals surface area contributed by atoms with E-state index in [0.717, 1.165) is 6.07 Å². The highest BCUT2D eigenvalue weighted by Gasteiger charge is 2.32. The molecule has 21 heavy (non-hydrogen) atoms. The average molecular weight is 321 g/mol. The number of nitrogens with zero attached hydrogens (tertiary/aromatic N) is 1. The molecule has 2 aliphatic rings. The van der Waals surface area contributed by atoms with Crippen molar-refractivity contribution in [3.8, 4) is 5.75 Å². The lowest BCUT2D eigenvalue weighted by Crippen LogP contribution is -2.16. The Morgan fingerprint density at radius 3 is 2.57 bits per heavy atom. The van der Waals surface area contributed by atoms with Crippen LogP contribution in [0.4, 0.5) is 5.69 Å². The van der Waals surface area contributed by atoms with Crippen molar-refractivity contribution in [2.45, 2.75) is 0 Å². The van der Waals surface area contributed by atoms with Gasteiger partial charge in [0.1, 0.15) is 5.75 Å². The number of fused-ring (bicyclic) bond motifs is 1. The summed E-state index contributed by atoms with van der Waals surface area (Å²) in [5.74, 6) is -0.761. The van der Waals surface area contributed by atoms with Gasteiger partial charge in [0, 0.05) is 12.1 Å². The molecule has 2 aliphatic heterocycles. The second-order valence-electron chi connectivity index (χ2n) is 4.15. The average Bonchev–Trinajstić information content (AvgIpc) is 2.95. The molecule has 0 radical (unpaired) electrons. The van der Waals surface area contributed by atoms with Crippen LogP contribution in [-0.2, 0) is 4.79 Å². The first-order valence-electron chi connectivity index (χ1n) is 5.79. The Labute approximate surface area is 127 Å². The van der Waals surface area contributed by atoms with E-state index < -0.39 is 16.5 Å². The van der Waals surface area contributed by atoms with Crippen LogP contribution in [0.3, 0.4) is 0 Å². The largest absolute Gasteiger partial charge is 0.485 e. The maximum atomic E-state index is 12.6. The molecule has 0 saturated carbocycles. The smallest absolute Gasteiger partial charge is 0.270 e. The minimum atomic E-state index is -0.590. The number of hydrogen-bond acceptors (Lipinski definition) is 7. The third-order valence-corrected chi connectivity index (χ3v) is 5.02. The summed E-state index contributed by atoms with van der Waals surface area (Å²) in [6, 6.07) is 3.74. The number of ketones is 2. The number of non-ortho nitro benzene ring substituents is 1. The van der Waals surface area contributed by atoms with Gasteiger partial charge in [0.15, 0.2) is 6.61 Å². The molecule has 3 rings (SSSR count). The molecule has 8 heteroatoms. The van der Waals surface area contributed by atoms with Crippen LogP contribution < -0.4 is 4.74 Å². The van der Waals surface area contributed by atoms with Gasteiger partial charge in [0.25, 0.3) is 5.69 Å². The molecule has 0 fully saturated rings. The highest BCUT2D eigenvalue weighted by molar-refractivity contribution is 8.27. The van der Waals surface area contributed by atoms with Crippen LogP contribution in [0.15, 0.2) is 38.8 Å². The van der Waals surface area contributed by atoms with Crippen molar-refractivity contribution in [3.05, 3.63) is 54.5 Å². The standard InChI is InChI=1S/C13H7NO5S2/c15-9-6-19-10-2-1-7(14(17)18)5-8(10)12(16)11(9)13-20-3-4-21-13/h1-5H,6H2. The van der Waals surface area contributed by atoms with E-state index in [-0.39, 0.29) is 29.2 Å². The van der Waals surface area contributed by atoms with E-state index in [1.54, 1.807) is 10.8 Å². The van der Waals surface area contributed by atoms with Crippen molar-refractivity contribution < 1.29 is 19.2 Å². The number of nitro groups is 1. The monoisotopic (exact) mass is 321 g/mol. The van der Waals surface area contributed by atoms with Gasteiger partial charge in [-0.1, -0.05) is 23.5 Å². The topological polar surface area (TPSA) is 86.5 Å². The molecule has 6 nitrogen and oxygen atoms in total. The predicted molar refractivity (Wildman–Crippen MR) is 79.3 cm³/mol. The molecular weight excluding hydrogens is 314 g/mol. The molecule has 0 amide bonds. The zero-order valence-electron chi connectivity index (χ0n) is 10.4. The van der Waals surface area contributed by atoms with E-state index >= 15 is 0 Å². The zero-order valence-corrected chi connectivity index (χ0v) is 12.0. The highest BCUT2D eigenvalue weighted by Crippen LogP contribution is 2.42. The molecule has 0 spiro atoms. The van der Waals surface area contributed by atoms with E-state index in [0.29, 0.717) is 4.24 Å². The summed E-state index contributed by atoms with van der Waals surface area (Å²) >= 11 is 2.56. The lowest BCUT2D eigenvalue weighted by atomic mass is 10.0. The van der Waals surface area contributed by atoms with Gasteiger partial charge in [-0.3, -0.25) is 19.7 Å². The van der Waals surface area contributed by atoms with Gasteiger partial charge in [-0.05, 0) is 16.9 Å². The number of thioether (sulfide) groups is 2. The molecular formula is C13H7NO5S2. The second kappa shape index (κ2) is 5.38. The van der Waals surface area contributed by atoms with Crippen molar-refractivity contribution >= 4 is 40.8 Å². The summed E-state index contributed by atoms with van der Waals surface area (Å²) in [6.45, 7) is -0.253. The quantitative estimate of drug-likeness (QED) is 0.340. The highest BCUT2D eigenvalue weighted by atomic mass is 32.2. The zero-order chi connectivity index (χ0) is 15.0. The molecule has 0 aliphatic carbocycles. The van der Waals surface area contributed by atoms with Gasteiger partial charge in [-0.2, -0.15) is 0 Å². The van der Waals surface area contributed by atoms with E-state index in [4.69, 9.17) is 4.74 Å². The van der Waals surface area contributed by atoms with Crippen molar-refractivity contribution in [2.24, 2.45) is 0 Å². The Morgan fingerprint density at radius 2 is 1.90 bits per heavy atom. The summed E-state index contributed by atoms with van der Waals surface area (Å²) < 4.78 is 5.87. The molecule has 106 valence electrons. The summed E-state index contributed by atoms with van der Waals surface area (Å²) in [5.41, 5.74) is -0.130. The van der Waals surface area contributed by atoms with Gasteiger partial charge in [0.2, 0.25) is 11.6 Å². The summed E-state index contributed by atoms with van der Waals surface area (Å²) in [5, 5.41) is 14.4. The molecule has 0 N–H and O–H groups in total. The number of hydrogen-bond donors (Lipinski definition) is 0. The molecule has 1 aromatic rings. The van der Waals surface area contributed by atoms with E-state index in [1.165, 1.54) is 35.7 Å². The first-order chi connectivity index (χ1) is 10.1. The molecule has 0 unspecified atom stereocenters. The van der Waals surface area contributed by atoms with E-state index in [1.807, 2.05) is 0 Å². The minimum Gasteiger partial charge on any atom is -0.485 e. The molecule has 0 saturated heterocycles. The van der Waals surface area contributed by atoms with Crippen LogP contribution in [-0.4, -0.2) is 23.1 Å². The van der Waals surface area contributed by atoms with Crippen molar-refractivity contribution in [2.75, 3.05) is 6.61 Å². The normalized spacial score (nSPS) is 17.5. The van der Waals surface area contributed by atoms with Crippen molar-refractivity contribution in [1.29, 1.82) is 0 Å². The maximum Gasteiger partial charge on any atom is 0.270 e. The molecule has 1 aromatic carbocycles. The maximum absolute atomic E-state index is 12.6. The fourth-order valence-electron chi connectivity index (χ4n) is 1.94. The summed E-state index contributed by atoms with van der Waals surface area (Å²) in [4.78, 5) is 34.9. The number of carbonyl (C=O) groups excluding carboxylic acids is 2. The van der Waals surface area contributed by atoms with Crippen LogP contribution in [0.1, 0.15) is 10.4 Å². The van der Waals surface area contributed by atoms with Gasteiger partial charge in [0.05, 0.1) is 20.3 Å². The SMILES string of the molecule is O=C1COc2ccc([N+](=O)[O-])cc2C(=O)C1=C1SC=CS1. The number of benzene rings is 1. The molecule has 0 bridgehead atoms. The first-order valence-corrected chi connectivity index (χ1v) is 7.55. The van der Waals surface area contributed by atoms with Crippen LogP contribution in [0, 0.1) is 10.1 Å². The number of rotatable bonds is 1. The van der Waals surface area contributed by atoms with Crippen LogP contribution in [0.2, 0.25) is 0 Å². The number of carbonyl (C=O) groups is 2. The van der Waals surface area contributed by atoms with Crippen LogP contribution >= 0.6 is 23.5 Å². The molecule has 0 atom stereocenters. The third kappa shape index (κ3) is 2.47. The second-order valence-corrected chi connectivity index (χ2v) is 6.24. The van der Waals surface area contributed by atoms with E-state index in [2.05, 4.69) is 0 Å². The molecule has 2 heterocycles. The lowest BCUT2D eigenvalue weighted by Gasteiger charge is -2.05. The Morgan fingerprint density at radius 1 is 1.19 bits per heavy atom. The van der Waals surface area contributed by atoms with Crippen molar-refractivity contribution in [1.82, 2.24) is 0 Å². The number of Topliss-reactive ketones (excluding diaryl/α,β-unsaturated/α-hetero) is 2. The van der Waals surface area contributed by atoms with Gasteiger partial charge in [-0.15, -0.1) is 0 Å². The predicted octanol–water partition coefficient (Wildman–Crippen LogP) is 2.90. The van der Waals surface area contributed by atoms with Gasteiger partial charge < -0.3 is 4.74 Å². The lowest BCUT2D eigenvalue weighted by molar-refractivity contribution is -0.384. The third-order valence-electron chi connectivity index (χ3n) is 2.89. The van der Waals surface area contributed by atoms with E-state index in [9.17, 15) is 19.7 Å². The summed E-state index contributed by atoms with van der Waals surface area (Å²) in [7, 11) is 0. The van der Waals surface area contributed by atoms with Crippen LogP contribution in [0.5, 0.6) is 5.75 Å².